The van der Waals surface area contributed by atoms with Crippen molar-refractivity contribution >= 4 is 25.2 Å². The number of benzene rings is 1. The Balaban J connectivity index is 1.23. The summed E-state index contributed by atoms with van der Waals surface area (Å²) in [5, 5.41) is 19.5. The molecule has 2 N–H and O–H groups in total. The number of hydrogen-bond acceptors (Lipinski definition) is 6. The molecule has 0 spiro atoms. The van der Waals surface area contributed by atoms with Crippen LogP contribution in [0.15, 0.2) is 42.0 Å². The zero-order chi connectivity index (χ0) is 27.2. The lowest BCUT2D eigenvalue weighted by Gasteiger charge is -2.64. The largest absolute Gasteiger partial charge is 0.480 e. The van der Waals surface area contributed by atoms with Crippen molar-refractivity contribution in [1.82, 2.24) is 4.90 Å². The molecule has 1 aromatic rings. The van der Waals surface area contributed by atoms with E-state index in [1.807, 2.05) is 30.3 Å². The molecule has 2 aliphatic heterocycles. The van der Waals surface area contributed by atoms with Crippen LogP contribution in [0.3, 0.4) is 0 Å². The zero-order valence-corrected chi connectivity index (χ0v) is 22.2. The molecule has 0 aromatic heterocycles. The lowest BCUT2D eigenvalue weighted by atomic mass is 9.43. The van der Waals surface area contributed by atoms with Gasteiger partial charge in [-0.25, -0.2) is 14.4 Å². The number of carbonyl (C=O) groups is 3. The van der Waals surface area contributed by atoms with E-state index in [-0.39, 0.29) is 37.4 Å². The topological polar surface area (TPSA) is 123 Å². The average Bonchev–Trinajstić information content (AvgIpc) is 3.40. The van der Waals surface area contributed by atoms with Crippen LogP contribution >= 0.6 is 0 Å². The van der Waals surface area contributed by atoms with Gasteiger partial charge in [0, 0.05) is 18.5 Å². The first kappa shape index (κ1) is 26.7. The van der Waals surface area contributed by atoms with E-state index in [1.54, 1.807) is 0 Å². The van der Waals surface area contributed by atoms with Crippen molar-refractivity contribution in [3.63, 3.8) is 0 Å². The highest BCUT2D eigenvalue weighted by atomic mass is 16.7. The van der Waals surface area contributed by atoms with Gasteiger partial charge in [0.25, 0.3) is 0 Å². The molecule has 2 bridgehead atoms. The third-order valence-electron chi connectivity index (χ3n) is 9.53. The number of carbonyl (C=O) groups excluding carboxylic acids is 1. The predicted octanol–water partition coefficient (Wildman–Crippen LogP) is 4.23. The molecular formula is C28H36BNO8. The van der Waals surface area contributed by atoms with Crippen molar-refractivity contribution in [2.45, 2.75) is 77.1 Å². The summed E-state index contributed by atoms with van der Waals surface area (Å²) >= 11 is 0. The van der Waals surface area contributed by atoms with Crippen LogP contribution in [0.25, 0.3) is 0 Å². The molecule has 38 heavy (non-hydrogen) atoms. The number of ether oxygens (including phenoxy) is 1. The summed E-state index contributed by atoms with van der Waals surface area (Å²) in [5.41, 5.74) is 1.21. The summed E-state index contributed by atoms with van der Waals surface area (Å²) in [7, 11) is -0.372. The molecule has 6 rings (SSSR count). The van der Waals surface area contributed by atoms with Crippen LogP contribution in [0.5, 0.6) is 0 Å². The smallest absolute Gasteiger partial charge is 0.457 e. The number of nitrogens with zero attached hydrogens (tertiary/aromatic N) is 1. The highest BCUT2D eigenvalue weighted by Gasteiger charge is 2.67. The zero-order valence-electron chi connectivity index (χ0n) is 22.2. The molecule has 1 aromatic carbocycles. The van der Waals surface area contributed by atoms with E-state index in [9.17, 15) is 24.6 Å². The Hall–Kier alpha value is -2.85. The molecule has 10 heteroatoms. The number of aliphatic carboxylic acids is 1. The van der Waals surface area contributed by atoms with E-state index in [1.165, 1.54) is 6.08 Å². The maximum atomic E-state index is 12.6. The molecule has 0 unspecified atom stereocenters. The SMILES string of the molecule is CC1(C)[C@@H]2C[C@H]3OB(CCC[C@@H]4/C(=C/C(=O)OCc5ccccc5)CN(C(=O)O)[C@H]4C(=O)O)O[C@@]3(C)[C@H]1C2. The van der Waals surface area contributed by atoms with Gasteiger partial charge in [0.15, 0.2) is 0 Å². The Morgan fingerprint density at radius 2 is 1.89 bits per heavy atom. The minimum Gasteiger partial charge on any atom is -0.480 e. The lowest BCUT2D eigenvalue weighted by Crippen LogP contribution is -2.65. The Bertz CT molecular complexity index is 1120. The molecule has 9 nitrogen and oxygen atoms in total. The standard InChI is InChI=1S/C28H36BNO8/c1-27(2)19-13-21(27)28(3)22(14-19)37-29(38-28)11-7-10-20-18(15-30(26(34)35)24(20)25(32)33)12-23(31)36-16-17-8-5-4-6-9-17/h4-6,8-9,12,19-22,24H,7,10-11,13-16H2,1-3H3,(H,32,33)(H,34,35)/b18-12+/t19-,20+,21-,22+,24+,28-/m0/s1. The van der Waals surface area contributed by atoms with Gasteiger partial charge in [0.1, 0.15) is 12.6 Å². The van der Waals surface area contributed by atoms with Crippen LogP contribution in [-0.4, -0.2) is 64.6 Å². The minimum atomic E-state index is -1.33. The van der Waals surface area contributed by atoms with Crippen LogP contribution < -0.4 is 0 Å². The Morgan fingerprint density at radius 1 is 1.16 bits per heavy atom. The van der Waals surface area contributed by atoms with E-state index in [2.05, 4.69) is 20.8 Å². The van der Waals surface area contributed by atoms with E-state index in [0.29, 0.717) is 36.6 Å². The van der Waals surface area contributed by atoms with Crippen molar-refractivity contribution in [3.8, 4) is 0 Å². The molecule has 5 aliphatic rings. The number of esters is 1. The van der Waals surface area contributed by atoms with E-state index in [4.69, 9.17) is 14.0 Å². The second kappa shape index (κ2) is 10.0. The van der Waals surface area contributed by atoms with Gasteiger partial charge in [-0.3, -0.25) is 4.90 Å². The quantitative estimate of drug-likeness (QED) is 0.294. The highest BCUT2D eigenvalue weighted by molar-refractivity contribution is 6.45. The van der Waals surface area contributed by atoms with Crippen LogP contribution in [0.4, 0.5) is 4.79 Å². The van der Waals surface area contributed by atoms with Gasteiger partial charge in [-0.05, 0) is 60.9 Å². The molecule has 5 fully saturated rings. The first-order valence-corrected chi connectivity index (χ1v) is 13.5. The van der Waals surface area contributed by atoms with Crippen molar-refractivity contribution in [2.24, 2.45) is 23.2 Å². The van der Waals surface area contributed by atoms with Gasteiger partial charge in [-0.1, -0.05) is 50.6 Å². The second-order valence-corrected chi connectivity index (χ2v) is 11.9. The van der Waals surface area contributed by atoms with Crippen molar-refractivity contribution in [1.29, 1.82) is 0 Å². The van der Waals surface area contributed by atoms with Crippen molar-refractivity contribution in [3.05, 3.63) is 47.5 Å². The summed E-state index contributed by atoms with van der Waals surface area (Å²) < 4.78 is 18.1. The molecule has 204 valence electrons. The van der Waals surface area contributed by atoms with E-state index >= 15 is 0 Å². The highest BCUT2D eigenvalue weighted by Crippen LogP contribution is 2.65. The molecule has 1 amide bonds. The van der Waals surface area contributed by atoms with E-state index in [0.717, 1.165) is 23.3 Å². The first-order valence-electron chi connectivity index (χ1n) is 13.5. The lowest BCUT2D eigenvalue weighted by molar-refractivity contribution is -0.199. The maximum absolute atomic E-state index is 12.6. The van der Waals surface area contributed by atoms with Gasteiger partial charge < -0.3 is 24.3 Å². The van der Waals surface area contributed by atoms with Gasteiger partial charge in [-0.2, -0.15) is 0 Å². The van der Waals surface area contributed by atoms with E-state index < -0.39 is 30.0 Å². The monoisotopic (exact) mass is 525 g/mol. The third-order valence-corrected chi connectivity index (χ3v) is 9.53. The molecular weight excluding hydrogens is 489 g/mol. The van der Waals surface area contributed by atoms with Crippen LogP contribution in [-0.2, 0) is 30.2 Å². The van der Waals surface area contributed by atoms with Crippen molar-refractivity contribution < 1.29 is 38.6 Å². The number of carboxylic acids is 1. The van der Waals surface area contributed by atoms with Crippen LogP contribution in [0.1, 0.15) is 52.0 Å². The third kappa shape index (κ3) is 4.73. The first-order chi connectivity index (χ1) is 18.0. The molecule has 3 saturated carbocycles. The molecule has 2 saturated heterocycles. The van der Waals surface area contributed by atoms with Crippen molar-refractivity contribution in [2.75, 3.05) is 6.54 Å². The fraction of sp³-hybridized carbons (Fsp3) is 0.607. The molecule has 0 radical (unpaired) electrons. The Kier molecular flexibility index (Phi) is 7.07. The van der Waals surface area contributed by atoms with Crippen LogP contribution in [0, 0.1) is 23.2 Å². The second-order valence-electron chi connectivity index (χ2n) is 11.9. The predicted molar refractivity (Wildman–Crippen MR) is 138 cm³/mol. The molecule has 2 heterocycles. The summed E-state index contributed by atoms with van der Waals surface area (Å²) in [4.78, 5) is 37.4. The summed E-state index contributed by atoms with van der Waals surface area (Å²) in [6, 6.07) is 7.95. The average molecular weight is 525 g/mol. The number of hydrogen-bond donors (Lipinski definition) is 2. The summed E-state index contributed by atoms with van der Waals surface area (Å²) in [6.45, 7) is 6.70. The molecule has 6 atom stereocenters. The maximum Gasteiger partial charge on any atom is 0.457 e. The fourth-order valence-electron chi connectivity index (χ4n) is 7.32. The van der Waals surface area contributed by atoms with Gasteiger partial charge in [0.05, 0.1) is 11.7 Å². The van der Waals surface area contributed by atoms with Gasteiger partial charge in [-0.15, -0.1) is 0 Å². The number of rotatable bonds is 8. The van der Waals surface area contributed by atoms with Gasteiger partial charge in [0.2, 0.25) is 0 Å². The van der Waals surface area contributed by atoms with Gasteiger partial charge >= 0.3 is 25.2 Å². The summed E-state index contributed by atoms with van der Waals surface area (Å²) in [6.07, 6.45) is 3.70. The Morgan fingerprint density at radius 3 is 2.55 bits per heavy atom. The fourth-order valence-corrected chi connectivity index (χ4v) is 7.32. The number of likely N-dealkylation sites (tertiary alicyclic amines) is 1. The minimum absolute atomic E-state index is 0.0693. The normalized spacial score (nSPS) is 34.1. The number of carboxylic acid groups (broad SMARTS) is 2. The van der Waals surface area contributed by atoms with Crippen LogP contribution in [0.2, 0.25) is 6.32 Å². The summed E-state index contributed by atoms with van der Waals surface area (Å²) in [5.74, 6) is -1.38. The number of amides is 1. The Labute approximate surface area is 223 Å². The molecule has 3 aliphatic carbocycles.